The Balaban J connectivity index is 1.37. The van der Waals surface area contributed by atoms with Crippen LogP contribution in [-0.4, -0.2) is 34.6 Å². The minimum absolute atomic E-state index is 0.707. The van der Waals surface area contributed by atoms with Gasteiger partial charge in [0.15, 0.2) is 0 Å². The Bertz CT molecular complexity index is 978. The van der Waals surface area contributed by atoms with E-state index in [-0.39, 0.29) is 0 Å². The molecule has 3 N–H and O–H groups in total. The van der Waals surface area contributed by atoms with Crippen molar-refractivity contribution in [3.8, 4) is 0 Å². The fourth-order valence-electron chi connectivity index (χ4n) is 3.63. The topological polar surface area (TPSA) is 74.8 Å². The molecule has 0 fully saturated rings. The van der Waals surface area contributed by atoms with Crippen LogP contribution < -0.4 is 16.0 Å². The van der Waals surface area contributed by atoms with Crippen molar-refractivity contribution in [3.63, 3.8) is 0 Å². The SMILES string of the molecule is CCCCCCCNc1nc(C)cc(NCCCCNc2ccnc3cc(Cl)ccc23)n1. The monoisotopic (exact) mass is 454 g/mol. The summed E-state index contributed by atoms with van der Waals surface area (Å²) in [5.41, 5.74) is 2.98. The Kier molecular flexibility index (Phi) is 9.82. The van der Waals surface area contributed by atoms with Gasteiger partial charge in [-0.3, -0.25) is 4.98 Å². The summed E-state index contributed by atoms with van der Waals surface area (Å²) in [4.78, 5) is 13.5. The Hall–Kier alpha value is -2.60. The molecule has 0 spiro atoms. The van der Waals surface area contributed by atoms with Crippen molar-refractivity contribution in [2.75, 3.05) is 35.6 Å². The van der Waals surface area contributed by atoms with Crippen LogP contribution in [0.5, 0.6) is 0 Å². The van der Waals surface area contributed by atoms with Crippen molar-refractivity contribution < 1.29 is 0 Å². The molecule has 0 atom stereocenters. The number of anilines is 3. The predicted octanol–water partition coefficient (Wildman–Crippen LogP) is 6.67. The number of halogens is 1. The number of fused-ring (bicyclic) bond motifs is 1. The molecule has 0 bridgehead atoms. The van der Waals surface area contributed by atoms with E-state index in [0.717, 1.165) is 67.0 Å². The first kappa shape index (κ1) is 24.1. The zero-order valence-corrected chi connectivity index (χ0v) is 20.0. The van der Waals surface area contributed by atoms with Gasteiger partial charge in [0, 0.05) is 53.7 Å². The first-order chi connectivity index (χ1) is 15.7. The molecule has 6 nitrogen and oxygen atoms in total. The molecular weight excluding hydrogens is 420 g/mol. The third-order valence-electron chi connectivity index (χ3n) is 5.35. The van der Waals surface area contributed by atoms with Crippen LogP contribution in [0.3, 0.4) is 0 Å². The number of pyridine rings is 1. The van der Waals surface area contributed by atoms with Crippen LogP contribution in [0.4, 0.5) is 17.5 Å². The van der Waals surface area contributed by atoms with Gasteiger partial charge in [-0.15, -0.1) is 0 Å². The average Bonchev–Trinajstić information content (AvgIpc) is 2.78. The van der Waals surface area contributed by atoms with E-state index in [1.807, 2.05) is 43.5 Å². The van der Waals surface area contributed by atoms with Gasteiger partial charge in [-0.2, -0.15) is 4.98 Å². The Morgan fingerprint density at radius 3 is 2.41 bits per heavy atom. The minimum Gasteiger partial charge on any atom is -0.384 e. The number of aryl methyl sites for hydroxylation is 1. The number of aromatic nitrogens is 3. The highest BCUT2D eigenvalue weighted by Gasteiger charge is 2.04. The second-order valence-corrected chi connectivity index (χ2v) is 8.58. The standard InChI is InChI=1S/C25H35ClN6/c1-3-4-5-6-7-15-30-25-31-19(2)17-24(32-25)29-14-9-8-13-27-22-12-16-28-23-18-20(26)10-11-21(22)23/h10-12,16-18H,3-9,13-15H2,1-2H3,(H,27,28)(H2,29,30,31,32). The number of nitrogens with one attached hydrogen (secondary N) is 3. The van der Waals surface area contributed by atoms with Crippen LogP contribution in [0, 0.1) is 6.92 Å². The highest BCUT2D eigenvalue weighted by molar-refractivity contribution is 6.31. The van der Waals surface area contributed by atoms with Gasteiger partial charge in [0.25, 0.3) is 0 Å². The lowest BCUT2D eigenvalue weighted by Gasteiger charge is -2.11. The van der Waals surface area contributed by atoms with E-state index in [1.165, 1.54) is 25.7 Å². The molecule has 0 saturated heterocycles. The van der Waals surface area contributed by atoms with Crippen molar-refractivity contribution in [2.45, 2.75) is 58.8 Å². The number of nitrogens with zero attached hydrogens (tertiary/aromatic N) is 3. The molecule has 172 valence electrons. The van der Waals surface area contributed by atoms with Crippen LogP contribution in [0.15, 0.2) is 36.5 Å². The summed E-state index contributed by atoms with van der Waals surface area (Å²) in [5.74, 6) is 1.60. The Morgan fingerprint density at radius 1 is 0.812 bits per heavy atom. The summed E-state index contributed by atoms with van der Waals surface area (Å²) >= 11 is 6.07. The molecule has 0 radical (unpaired) electrons. The molecule has 0 amide bonds. The first-order valence-electron chi connectivity index (χ1n) is 11.8. The van der Waals surface area contributed by atoms with E-state index in [1.54, 1.807) is 0 Å². The lowest BCUT2D eigenvalue weighted by atomic mass is 10.1. The third-order valence-corrected chi connectivity index (χ3v) is 5.58. The molecule has 0 aliphatic carbocycles. The third kappa shape index (κ3) is 7.83. The smallest absolute Gasteiger partial charge is 0.224 e. The van der Waals surface area contributed by atoms with E-state index in [2.05, 4.69) is 37.8 Å². The van der Waals surface area contributed by atoms with Gasteiger partial charge in [-0.05, 0) is 50.5 Å². The molecule has 0 unspecified atom stereocenters. The summed E-state index contributed by atoms with van der Waals surface area (Å²) in [6.07, 6.45) is 10.2. The highest BCUT2D eigenvalue weighted by atomic mass is 35.5. The van der Waals surface area contributed by atoms with Gasteiger partial charge >= 0.3 is 0 Å². The normalized spacial score (nSPS) is 11.0. The molecule has 7 heteroatoms. The van der Waals surface area contributed by atoms with Crippen LogP contribution in [0.2, 0.25) is 5.02 Å². The molecule has 0 saturated carbocycles. The fraction of sp³-hybridized carbons (Fsp3) is 0.480. The zero-order valence-electron chi connectivity index (χ0n) is 19.3. The van der Waals surface area contributed by atoms with Crippen LogP contribution >= 0.6 is 11.6 Å². The van der Waals surface area contributed by atoms with Gasteiger partial charge in [-0.1, -0.05) is 44.2 Å². The van der Waals surface area contributed by atoms with Gasteiger partial charge in [0.05, 0.1) is 5.52 Å². The van der Waals surface area contributed by atoms with Crippen molar-refractivity contribution in [1.29, 1.82) is 0 Å². The summed E-state index contributed by atoms with van der Waals surface area (Å²) in [5, 5.41) is 12.1. The lowest BCUT2D eigenvalue weighted by molar-refractivity contribution is 0.644. The number of unbranched alkanes of at least 4 members (excludes halogenated alkanes) is 5. The maximum atomic E-state index is 6.07. The quantitative estimate of drug-likeness (QED) is 0.236. The van der Waals surface area contributed by atoms with Crippen LogP contribution in [0.1, 0.15) is 57.6 Å². The van der Waals surface area contributed by atoms with Gasteiger partial charge in [0.1, 0.15) is 5.82 Å². The molecule has 3 rings (SSSR count). The number of rotatable bonds is 14. The molecule has 2 aromatic heterocycles. The molecule has 2 heterocycles. The van der Waals surface area contributed by atoms with Crippen LogP contribution in [-0.2, 0) is 0 Å². The summed E-state index contributed by atoms with van der Waals surface area (Å²) in [6.45, 7) is 6.95. The Morgan fingerprint density at radius 2 is 1.56 bits per heavy atom. The summed E-state index contributed by atoms with van der Waals surface area (Å²) in [7, 11) is 0. The van der Waals surface area contributed by atoms with E-state index < -0.39 is 0 Å². The number of hydrogen-bond donors (Lipinski definition) is 3. The van der Waals surface area contributed by atoms with Gasteiger partial charge in [0.2, 0.25) is 5.95 Å². The van der Waals surface area contributed by atoms with Crippen molar-refractivity contribution >= 4 is 40.0 Å². The van der Waals surface area contributed by atoms with E-state index in [9.17, 15) is 0 Å². The molecule has 32 heavy (non-hydrogen) atoms. The number of hydrogen-bond acceptors (Lipinski definition) is 6. The highest BCUT2D eigenvalue weighted by Crippen LogP contribution is 2.24. The van der Waals surface area contributed by atoms with Gasteiger partial charge < -0.3 is 16.0 Å². The molecular formula is C25H35ClN6. The second-order valence-electron chi connectivity index (χ2n) is 8.14. The second kappa shape index (κ2) is 13.1. The molecule has 0 aliphatic heterocycles. The average molecular weight is 455 g/mol. The molecule has 1 aromatic carbocycles. The predicted molar refractivity (Wildman–Crippen MR) is 137 cm³/mol. The maximum absolute atomic E-state index is 6.07. The minimum atomic E-state index is 0.707. The van der Waals surface area contributed by atoms with Crippen molar-refractivity contribution in [1.82, 2.24) is 15.0 Å². The molecule has 3 aromatic rings. The van der Waals surface area contributed by atoms with Crippen molar-refractivity contribution in [2.24, 2.45) is 0 Å². The molecule has 0 aliphatic rings. The van der Waals surface area contributed by atoms with E-state index >= 15 is 0 Å². The zero-order chi connectivity index (χ0) is 22.6. The van der Waals surface area contributed by atoms with Crippen LogP contribution in [0.25, 0.3) is 10.9 Å². The van der Waals surface area contributed by atoms with Gasteiger partial charge in [-0.25, -0.2) is 4.98 Å². The lowest BCUT2D eigenvalue weighted by Crippen LogP contribution is -2.11. The maximum Gasteiger partial charge on any atom is 0.224 e. The van der Waals surface area contributed by atoms with Crippen molar-refractivity contribution in [3.05, 3.63) is 47.2 Å². The summed E-state index contributed by atoms with van der Waals surface area (Å²) in [6, 6.07) is 9.82. The Labute approximate surface area is 196 Å². The summed E-state index contributed by atoms with van der Waals surface area (Å²) < 4.78 is 0. The first-order valence-corrected chi connectivity index (χ1v) is 12.1. The van der Waals surface area contributed by atoms with E-state index in [4.69, 9.17) is 11.6 Å². The largest absolute Gasteiger partial charge is 0.384 e. The fourth-order valence-corrected chi connectivity index (χ4v) is 3.80. The number of benzene rings is 1. The van der Waals surface area contributed by atoms with E-state index in [0.29, 0.717) is 11.0 Å².